The van der Waals surface area contributed by atoms with E-state index in [1.165, 1.54) is 12.1 Å². The number of ether oxygens (including phenoxy) is 2. The molecule has 0 radical (unpaired) electrons. The quantitative estimate of drug-likeness (QED) is 0.834. The molecule has 1 aliphatic rings. The number of hydrogen-bond donors (Lipinski definition) is 2. The Morgan fingerprint density at radius 2 is 2.23 bits per heavy atom. The van der Waals surface area contributed by atoms with Gasteiger partial charge in [-0.15, -0.1) is 0 Å². The summed E-state index contributed by atoms with van der Waals surface area (Å²) in [5, 5.41) is 2.93. The lowest BCUT2D eigenvalue weighted by Crippen LogP contribution is -2.52. The molecule has 1 unspecified atom stereocenters. The molecule has 22 heavy (non-hydrogen) atoms. The smallest absolute Gasteiger partial charge is 0.227 e. The van der Waals surface area contributed by atoms with Crippen LogP contribution in [-0.2, 0) is 9.53 Å². The second kappa shape index (κ2) is 7.56. The van der Waals surface area contributed by atoms with Crippen LogP contribution in [0.1, 0.15) is 19.8 Å². The van der Waals surface area contributed by atoms with Crippen LogP contribution in [0.5, 0.6) is 5.75 Å². The fraction of sp³-hybridized carbons (Fsp3) is 0.562. The molecule has 1 aromatic rings. The van der Waals surface area contributed by atoms with Crippen molar-refractivity contribution >= 4 is 5.91 Å². The van der Waals surface area contributed by atoms with E-state index in [1.807, 2.05) is 6.92 Å². The van der Waals surface area contributed by atoms with Crippen molar-refractivity contribution in [2.24, 2.45) is 11.1 Å². The number of amides is 1. The van der Waals surface area contributed by atoms with E-state index in [9.17, 15) is 9.18 Å². The summed E-state index contributed by atoms with van der Waals surface area (Å²) >= 11 is 0. The van der Waals surface area contributed by atoms with Crippen LogP contribution in [0.2, 0.25) is 0 Å². The van der Waals surface area contributed by atoms with E-state index in [0.29, 0.717) is 38.3 Å². The van der Waals surface area contributed by atoms with Crippen LogP contribution in [0.4, 0.5) is 4.39 Å². The van der Waals surface area contributed by atoms with Gasteiger partial charge in [-0.25, -0.2) is 4.39 Å². The van der Waals surface area contributed by atoms with E-state index in [-0.39, 0.29) is 24.4 Å². The number of carbonyl (C=O) groups excluding carboxylic acids is 1. The van der Waals surface area contributed by atoms with Crippen molar-refractivity contribution in [1.82, 2.24) is 5.32 Å². The molecule has 1 heterocycles. The standard InChI is InChI=1S/C16H23FN2O3/c1-12(10-22-14-4-2-3-13(17)9-14)19-15(20)16(11-18)5-7-21-8-6-16/h2-4,9,12H,5-8,10-11,18H2,1H3,(H,19,20). The molecule has 0 bridgehead atoms. The Labute approximate surface area is 130 Å². The second-order valence-corrected chi connectivity index (χ2v) is 5.74. The van der Waals surface area contributed by atoms with Crippen molar-refractivity contribution in [2.45, 2.75) is 25.8 Å². The van der Waals surface area contributed by atoms with Gasteiger partial charge in [-0.2, -0.15) is 0 Å². The lowest BCUT2D eigenvalue weighted by molar-refractivity contribution is -0.136. The number of benzene rings is 1. The fourth-order valence-electron chi connectivity index (χ4n) is 2.48. The maximum Gasteiger partial charge on any atom is 0.227 e. The maximum atomic E-state index is 13.1. The number of nitrogens with two attached hydrogens (primary N) is 1. The van der Waals surface area contributed by atoms with Crippen LogP contribution in [0.3, 0.4) is 0 Å². The summed E-state index contributed by atoms with van der Waals surface area (Å²) in [6.07, 6.45) is 1.26. The van der Waals surface area contributed by atoms with Crippen LogP contribution in [0.25, 0.3) is 0 Å². The van der Waals surface area contributed by atoms with Gasteiger partial charge in [0.1, 0.15) is 18.2 Å². The predicted molar refractivity (Wildman–Crippen MR) is 81.0 cm³/mol. The molecule has 1 aromatic carbocycles. The Morgan fingerprint density at radius 1 is 1.50 bits per heavy atom. The van der Waals surface area contributed by atoms with Gasteiger partial charge < -0.3 is 20.5 Å². The average molecular weight is 310 g/mol. The van der Waals surface area contributed by atoms with Crippen molar-refractivity contribution in [3.8, 4) is 5.75 Å². The predicted octanol–water partition coefficient (Wildman–Crippen LogP) is 1.46. The van der Waals surface area contributed by atoms with Crippen molar-refractivity contribution in [2.75, 3.05) is 26.4 Å². The monoisotopic (exact) mass is 310 g/mol. The molecular formula is C16H23FN2O3. The van der Waals surface area contributed by atoms with E-state index in [2.05, 4.69) is 5.32 Å². The van der Waals surface area contributed by atoms with Gasteiger partial charge >= 0.3 is 0 Å². The Balaban J connectivity index is 1.85. The first-order chi connectivity index (χ1) is 10.6. The summed E-state index contributed by atoms with van der Waals surface area (Å²) in [6.45, 7) is 3.53. The topological polar surface area (TPSA) is 73.6 Å². The SMILES string of the molecule is CC(COc1cccc(F)c1)NC(=O)C1(CN)CCOCC1. The summed E-state index contributed by atoms with van der Waals surface area (Å²) < 4.78 is 23.9. The van der Waals surface area contributed by atoms with Crippen LogP contribution in [0.15, 0.2) is 24.3 Å². The normalized spacial score (nSPS) is 18.5. The molecule has 1 atom stereocenters. The highest BCUT2D eigenvalue weighted by Gasteiger charge is 2.39. The third kappa shape index (κ3) is 4.18. The maximum absolute atomic E-state index is 13.1. The Kier molecular flexibility index (Phi) is 5.74. The Bertz CT molecular complexity index is 504. The molecule has 0 aromatic heterocycles. The van der Waals surface area contributed by atoms with Crippen molar-refractivity contribution in [3.05, 3.63) is 30.1 Å². The largest absolute Gasteiger partial charge is 0.491 e. The number of hydrogen-bond acceptors (Lipinski definition) is 4. The lowest BCUT2D eigenvalue weighted by atomic mass is 9.79. The summed E-state index contributed by atoms with van der Waals surface area (Å²) in [4.78, 5) is 12.5. The molecule has 122 valence electrons. The highest BCUT2D eigenvalue weighted by molar-refractivity contribution is 5.83. The van der Waals surface area contributed by atoms with Crippen LogP contribution >= 0.6 is 0 Å². The fourth-order valence-corrected chi connectivity index (χ4v) is 2.48. The van der Waals surface area contributed by atoms with Gasteiger partial charge in [-0.05, 0) is 31.9 Å². The van der Waals surface area contributed by atoms with Gasteiger partial charge in [-0.1, -0.05) is 6.07 Å². The molecule has 1 amide bonds. The molecule has 1 fully saturated rings. The zero-order valence-electron chi connectivity index (χ0n) is 12.8. The lowest BCUT2D eigenvalue weighted by Gasteiger charge is -2.35. The van der Waals surface area contributed by atoms with Crippen LogP contribution < -0.4 is 15.8 Å². The van der Waals surface area contributed by atoms with Gasteiger partial charge in [0.05, 0.1) is 11.5 Å². The number of rotatable bonds is 6. The molecule has 0 aliphatic carbocycles. The first-order valence-electron chi connectivity index (χ1n) is 7.53. The molecular weight excluding hydrogens is 287 g/mol. The molecule has 2 rings (SSSR count). The Hall–Kier alpha value is -1.66. The highest BCUT2D eigenvalue weighted by Crippen LogP contribution is 2.29. The number of nitrogens with one attached hydrogen (secondary N) is 1. The molecule has 5 nitrogen and oxygen atoms in total. The van der Waals surface area contributed by atoms with Gasteiger partial charge in [-0.3, -0.25) is 4.79 Å². The van der Waals surface area contributed by atoms with Crippen molar-refractivity contribution < 1.29 is 18.7 Å². The minimum Gasteiger partial charge on any atom is -0.491 e. The summed E-state index contributed by atoms with van der Waals surface area (Å²) in [6, 6.07) is 5.74. The van der Waals surface area contributed by atoms with Gasteiger partial charge in [0.25, 0.3) is 0 Å². The first-order valence-corrected chi connectivity index (χ1v) is 7.53. The molecule has 3 N–H and O–H groups in total. The Morgan fingerprint density at radius 3 is 2.86 bits per heavy atom. The number of halogens is 1. The molecule has 1 saturated heterocycles. The second-order valence-electron chi connectivity index (χ2n) is 5.74. The molecule has 1 aliphatic heterocycles. The van der Waals surface area contributed by atoms with Crippen molar-refractivity contribution in [1.29, 1.82) is 0 Å². The first kappa shape index (κ1) is 16.7. The average Bonchev–Trinajstić information content (AvgIpc) is 2.53. The number of carbonyl (C=O) groups is 1. The summed E-state index contributed by atoms with van der Waals surface area (Å²) in [7, 11) is 0. The molecule has 0 saturated carbocycles. The van der Waals surface area contributed by atoms with E-state index in [1.54, 1.807) is 12.1 Å². The van der Waals surface area contributed by atoms with Gasteiger partial charge in [0.15, 0.2) is 0 Å². The third-order valence-electron chi connectivity index (χ3n) is 4.00. The van der Waals surface area contributed by atoms with Gasteiger partial charge in [0, 0.05) is 25.8 Å². The highest BCUT2D eigenvalue weighted by atomic mass is 19.1. The van der Waals surface area contributed by atoms with E-state index in [0.717, 1.165) is 0 Å². The summed E-state index contributed by atoms with van der Waals surface area (Å²) in [5.74, 6) is 0.0350. The van der Waals surface area contributed by atoms with E-state index < -0.39 is 5.41 Å². The zero-order chi connectivity index (χ0) is 16.0. The van der Waals surface area contributed by atoms with Crippen LogP contribution in [0, 0.1) is 11.2 Å². The van der Waals surface area contributed by atoms with Crippen LogP contribution in [-0.4, -0.2) is 38.3 Å². The minimum atomic E-state index is -0.550. The molecule has 0 spiro atoms. The van der Waals surface area contributed by atoms with Crippen molar-refractivity contribution in [3.63, 3.8) is 0 Å². The van der Waals surface area contributed by atoms with E-state index >= 15 is 0 Å². The van der Waals surface area contributed by atoms with E-state index in [4.69, 9.17) is 15.2 Å². The minimum absolute atomic E-state index is 0.0614. The zero-order valence-corrected chi connectivity index (χ0v) is 12.8. The summed E-state index contributed by atoms with van der Waals surface area (Å²) in [5.41, 5.74) is 5.26. The third-order valence-corrected chi connectivity index (χ3v) is 4.00. The molecule has 6 heteroatoms. The van der Waals surface area contributed by atoms with Gasteiger partial charge in [0.2, 0.25) is 5.91 Å².